The van der Waals surface area contributed by atoms with Gasteiger partial charge in [0.2, 0.25) is 5.78 Å². The van der Waals surface area contributed by atoms with Gasteiger partial charge in [0, 0.05) is 76.3 Å². The molecule has 2 aromatic rings. The molecule has 1 saturated carbocycles. The van der Waals surface area contributed by atoms with Crippen molar-refractivity contribution in [3.8, 4) is 0 Å². The van der Waals surface area contributed by atoms with Crippen LogP contribution in [0.15, 0.2) is 90.2 Å². The number of piperidine rings is 1. The van der Waals surface area contributed by atoms with Gasteiger partial charge < -0.3 is 29.0 Å². The van der Waals surface area contributed by atoms with Crippen molar-refractivity contribution in [2.24, 2.45) is 46.8 Å². The van der Waals surface area contributed by atoms with E-state index in [0.717, 1.165) is 74.6 Å². The van der Waals surface area contributed by atoms with Gasteiger partial charge in [-0.2, -0.15) is 0 Å². The highest BCUT2D eigenvalue weighted by Gasteiger charge is 2.44. The molecule has 4 bridgehead atoms. The van der Waals surface area contributed by atoms with Crippen molar-refractivity contribution in [3.05, 3.63) is 95.9 Å². The number of carbonyl (C=O) groups excluding carboxylic acids is 6. The number of aliphatic hydroxyl groups is 1. The molecule has 6 heterocycles. The lowest BCUT2D eigenvalue weighted by Gasteiger charge is -2.40. The number of carbonyl (C=O) groups is 6. The number of methoxy groups -OCH3 is 2. The SMILES string of the molecule is CC(=O)C(C)(C)Cc1ccccn1.CO.CO[C@@H]1C[C@H](C[C@@H](C)[C@@H]2CC(=O)C/C=C(\C)[C@@H](C)[C@@H](OC)C(=O)[C@H](C)C[C@H](C)C3C=CC(/C=C(\C)CC[C@@H]4CC[C@@H](C)[C@@H](O4)C(=O)C(=O)N4CCCC[C@H]4C(=O)O2)ON3c2ccccc2)CC[C@H]1C. The average molecular weight is 1170 g/mol. The third-order valence-electron chi connectivity index (χ3n) is 18.7. The molecule has 466 valence electrons. The third-order valence-corrected chi connectivity index (χ3v) is 18.7. The van der Waals surface area contributed by atoms with Crippen molar-refractivity contribution in [1.29, 1.82) is 0 Å². The van der Waals surface area contributed by atoms with E-state index in [9.17, 15) is 28.8 Å². The maximum atomic E-state index is 14.4. The highest BCUT2D eigenvalue weighted by Crippen LogP contribution is 2.38. The first-order chi connectivity index (χ1) is 40.0. The Balaban J connectivity index is 0.000000752. The van der Waals surface area contributed by atoms with E-state index in [4.69, 9.17) is 28.9 Å². The number of ketones is 4. The number of fused-ring (bicyclic) bond motifs is 16. The summed E-state index contributed by atoms with van der Waals surface area (Å²) < 4.78 is 24.7. The molecule has 1 amide bonds. The van der Waals surface area contributed by atoms with Gasteiger partial charge in [0.05, 0.1) is 23.9 Å². The summed E-state index contributed by atoms with van der Waals surface area (Å²) in [6.45, 7) is 22.1. The van der Waals surface area contributed by atoms with Crippen LogP contribution in [0.25, 0.3) is 0 Å². The summed E-state index contributed by atoms with van der Waals surface area (Å²) >= 11 is 0. The predicted molar refractivity (Wildman–Crippen MR) is 329 cm³/mol. The molecular weight excluding hydrogens is 1060 g/mol. The minimum absolute atomic E-state index is 0.00655. The van der Waals surface area contributed by atoms with Crippen LogP contribution in [0.2, 0.25) is 0 Å². The van der Waals surface area contributed by atoms with Gasteiger partial charge in [0.15, 0.2) is 5.78 Å². The number of ether oxygens (including phenoxy) is 4. The molecule has 0 radical (unpaired) electrons. The minimum Gasteiger partial charge on any atom is -0.460 e. The molecule has 1 aromatic carbocycles. The number of Topliss-reactive ketones (excluding diaryl/α,β-unsaturated/α-hetero) is 4. The molecule has 0 spiro atoms. The van der Waals surface area contributed by atoms with Crippen molar-refractivity contribution in [2.45, 2.75) is 221 Å². The quantitative estimate of drug-likeness (QED) is 0.142. The number of aliphatic hydroxyl groups excluding tert-OH is 1. The van der Waals surface area contributed by atoms with E-state index in [1.165, 1.54) is 4.90 Å². The number of amides is 1. The molecule has 3 fully saturated rings. The van der Waals surface area contributed by atoms with Gasteiger partial charge >= 0.3 is 5.97 Å². The number of allylic oxidation sites excluding steroid dienone is 2. The Kier molecular flexibility index (Phi) is 27.9. The molecule has 6 aliphatic rings. The number of pyridine rings is 1. The summed E-state index contributed by atoms with van der Waals surface area (Å²) in [6, 6.07) is 14.7. The summed E-state index contributed by atoms with van der Waals surface area (Å²) in [5.74, 6) is -1.85. The number of hydroxylamine groups is 1. The van der Waals surface area contributed by atoms with Crippen molar-refractivity contribution in [2.75, 3.05) is 32.9 Å². The van der Waals surface area contributed by atoms with E-state index >= 15 is 0 Å². The molecule has 84 heavy (non-hydrogen) atoms. The van der Waals surface area contributed by atoms with Crippen molar-refractivity contribution in [1.82, 2.24) is 9.88 Å². The normalized spacial score (nSPS) is 32.7. The zero-order valence-corrected chi connectivity index (χ0v) is 53.3. The largest absolute Gasteiger partial charge is 0.460 e. The molecule has 1 aromatic heterocycles. The highest BCUT2D eigenvalue weighted by molar-refractivity contribution is 6.38. The zero-order valence-electron chi connectivity index (χ0n) is 53.3. The number of aromatic nitrogens is 1. The minimum atomic E-state index is -0.937. The van der Waals surface area contributed by atoms with Crippen LogP contribution in [-0.4, -0.2) is 127 Å². The van der Waals surface area contributed by atoms with Gasteiger partial charge in [-0.1, -0.05) is 115 Å². The fourth-order valence-electron chi connectivity index (χ4n) is 12.7. The van der Waals surface area contributed by atoms with Crippen molar-refractivity contribution >= 4 is 40.7 Å². The van der Waals surface area contributed by atoms with Crippen LogP contribution < -0.4 is 5.06 Å². The molecular formula is C69H103N3O12. The number of anilines is 1. The second-order valence-corrected chi connectivity index (χ2v) is 25.7. The Morgan fingerprint density at radius 2 is 1.54 bits per heavy atom. The van der Waals surface area contributed by atoms with Crippen LogP contribution in [0.5, 0.6) is 0 Å². The van der Waals surface area contributed by atoms with E-state index in [0.29, 0.717) is 50.4 Å². The second-order valence-electron chi connectivity index (χ2n) is 25.7. The fraction of sp³-hybridized carbons (Fsp3) is 0.667. The lowest BCUT2D eigenvalue weighted by molar-refractivity contribution is -0.169. The van der Waals surface area contributed by atoms with E-state index < -0.39 is 42.0 Å². The highest BCUT2D eigenvalue weighted by atomic mass is 16.7. The molecule has 15 atom stereocenters. The average Bonchev–Trinajstić information content (AvgIpc) is 3.64. The Labute approximate surface area is 503 Å². The number of hydrogen-bond acceptors (Lipinski definition) is 14. The topological polar surface area (TPSA) is 188 Å². The van der Waals surface area contributed by atoms with Crippen LogP contribution in [0.1, 0.15) is 172 Å². The Morgan fingerprint density at radius 3 is 2.20 bits per heavy atom. The number of benzene rings is 1. The number of nitrogens with zero attached hydrogens (tertiary/aromatic N) is 3. The molecule has 15 heteroatoms. The van der Waals surface area contributed by atoms with E-state index in [2.05, 4.69) is 44.0 Å². The van der Waals surface area contributed by atoms with Gasteiger partial charge in [-0.15, -0.1) is 0 Å². The molecule has 5 aliphatic heterocycles. The van der Waals surface area contributed by atoms with E-state index in [1.807, 2.05) is 108 Å². The lowest BCUT2D eigenvalue weighted by Crippen LogP contribution is -2.55. The molecule has 15 nitrogen and oxygen atoms in total. The second kappa shape index (κ2) is 33.6. The standard InChI is InChI=1S/C57H84N2O10.C11H15NO.CH4O/c1-35-19-25-46-26-22-38(4)54(67-46)53(62)56(63)58-29-15-14-18-49(58)57(64)68-51(40(6)32-43-23-20-37(3)50(33-43)65-9)34-45(60)24-21-36(2)42(8)55(66-10)52(61)41(7)31-39(5)48-28-27-47(30-35)69-59(48)44-16-12-11-13-17-44;1-9(13)11(2,3)8-10-6-4-5-7-12-10;1-2/h11-13,16-17,21,27-28,30,37-43,46-51,54-55H,14-15,18-20,22-26,29,31-34H2,1-10H3;4-7H,8H2,1-3H3;2H,1H3/b35-30+,36-21+;;/t37-,38-,39+,40-,41-,42-,43+,46-,47?,48?,49+,50-,51+,54-,55-;;/m1../s1. The van der Waals surface area contributed by atoms with E-state index in [1.54, 1.807) is 27.3 Å². The van der Waals surface area contributed by atoms with Crippen molar-refractivity contribution < 1.29 is 57.7 Å². The molecule has 2 saturated heterocycles. The smallest absolute Gasteiger partial charge is 0.329 e. The fourth-order valence-corrected chi connectivity index (χ4v) is 12.7. The van der Waals surface area contributed by atoms with Crippen LogP contribution >= 0.6 is 0 Å². The maximum absolute atomic E-state index is 14.4. The first-order valence-electron chi connectivity index (χ1n) is 31.2. The van der Waals surface area contributed by atoms with Crippen LogP contribution in [0.3, 0.4) is 0 Å². The predicted octanol–water partition coefficient (Wildman–Crippen LogP) is 12.0. The number of para-hydroxylation sites is 1. The van der Waals surface area contributed by atoms with Gasteiger partial charge in [-0.3, -0.25) is 33.8 Å². The van der Waals surface area contributed by atoms with Gasteiger partial charge in [0.1, 0.15) is 42.0 Å². The van der Waals surface area contributed by atoms with Crippen LogP contribution in [0, 0.1) is 46.8 Å². The summed E-state index contributed by atoms with van der Waals surface area (Å²) in [5.41, 5.74) is 3.59. The summed E-state index contributed by atoms with van der Waals surface area (Å²) in [5, 5.41) is 8.97. The molecule has 8 rings (SSSR count). The number of rotatable bonds is 9. The monoisotopic (exact) mass is 1170 g/mol. The van der Waals surface area contributed by atoms with Crippen molar-refractivity contribution in [3.63, 3.8) is 0 Å². The lowest BCUT2D eigenvalue weighted by atomic mass is 9.76. The summed E-state index contributed by atoms with van der Waals surface area (Å²) in [7, 11) is 4.33. The molecule has 1 N–H and O–H groups in total. The van der Waals surface area contributed by atoms with Gasteiger partial charge in [0.25, 0.3) is 5.91 Å². The molecule has 2 unspecified atom stereocenters. The van der Waals surface area contributed by atoms with Gasteiger partial charge in [-0.25, -0.2) is 9.86 Å². The number of esters is 1. The maximum Gasteiger partial charge on any atom is 0.329 e. The number of hydrogen-bond donors (Lipinski definition) is 1. The summed E-state index contributed by atoms with van der Waals surface area (Å²) in [6.07, 6.45) is 17.1. The first kappa shape index (κ1) is 69.6. The Morgan fingerprint density at radius 1 is 0.833 bits per heavy atom. The summed E-state index contributed by atoms with van der Waals surface area (Å²) in [4.78, 5) is 94.8. The molecule has 1 aliphatic carbocycles. The Bertz CT molecular complexity index is 2530. The first-order valence-corrected chi connectivity index (χ1v) is 31.2. The third kappa shape index (κ3) is 19.7. The Hall–Kier alpha value is -5.19. The zero-order chi connectivity index (χ0) is 61.8. The van der Waals surface area contributed by atoms with E-state index in [-0.39, 0.29) is 96.1 Å². The van der Waals surface area contributed by atoms with Gasteiger partial charge in [-0.05, 0) is 152 Å². The van der Waals surface area contributed by atoms with Crippen LogP contribution in [-0.2, 0) is 59.0 Å². The van der Waals surface area contributed by atoms with Crippen LogP contribution in [0.4, 0.5) is 5.69 Å².